The fourth-order valence-corrected chi connectivity index (χ4v) is 9.02. The molecular weight excluding hydrogens is 863 g/mol. The van der Waals surface area contributed by atoms with Crippen molar-refractivity contribution in [2.45, 2.75) is 0 Å². The Labute approximate surface area is 427 Å². The maximum absolute atomic E-state index is 8.58. The van der Waals surface area contributed by atoms with Crippen LogP contribution in [0.1, 0.15) is 13.7 Å². The van der Waals surface area contributed by atoms with Crippen LogP contribution in [0, 0.1) is 0 Å². The fourth-order valence-electron chi connectivity index (χ4n) is 9.02. The maximum atomic E-state index is 8.58. The quantitative estimate of drug-likeness (QED) is 0.130. The molecule has 12 rings (SSSR count). The number of nitrogens with zero attached hydrogens (tertiary/aromatic N) is 5. The van der Waals surface area contributed by atoms with E-state index in [1.165, 1.54) is 0 Å². The highest BCUT2D eigenvalue weighted by Crippen LogP contribution is 2.42. The molecule has 8 aromatic carbocycles. The van der Waals surface area contributed by atoms with Crippen LogP contribution in [0.4, 0.5) is 0 Å². The van der Waals surface area contributed by atoms with Gasteiger partial charge in [0.2, 0.25) is 5.95 Å². The lowest BCUT2D eigenvalue weighted by atomic mass is 9.86. The fraction of sp³-hybridized carbons (Fsp3) is 0. The zero-order valence-corrected chi connectivity index (χ0v) is 37.9. The van der Waals surface area contributed by atoms with Crippen LogP contribution in [0.3, 0.4) is 0 Å². The van der Waals surface area contributed by atoms with Gasteiger partial charge in [-0.1, -0.05) is 182 Å². The summed E-state index contributed by atoms with van der Waals surface area (Å²) in [4.78, 5) is 19.4. The third kappa shape index (κ3) is 8.88. The molecule has 12 aromatic rings. The van der Waals surface area contributed by atoms with Crippen LogP contribution in [0.25, 0.3) is 117 Å². The molecule has 0 unspecified atom stereocenters. The molecule has 334 valence electrons. The van der Waals surface area contributed by atoms with Crippen molar-refractivity contribution in [3.05, 3.63) is 274 Å². The molecule has 0 spiro atoms. The normalized spacial score (nSPS) is 13.1. The van der Waals surface area contributed by atoms with E-state index >= 15 is 0 Å². The Morgan fingerprint density at radius 1 is 0.268 bits per heavy atom. The van der Waals surface area contributed by atoms with E-state index in [0.717, 1.165) is 77.9 Å². The first-order chi connectivity index (χ1) is 39.3. The lowest BCUT2D eigenvalue weighted by Crippen LogP contribution is -1.98. The average molecular weight is 918 g/mol. The molecule has 4 aromatic heterocycles. The molecule has 0 aliphatic rings. The van der Waals surface area contributed by atoms with E-state index < -0.39 is 12.1 Å². The number of rotatable bonds is 11. The standard InChI is InChI=1S/C66H45N5/c1-3-17-46(18-4-1)48-21-15-23-50(37-48)64-33-31-52(42-67-64)58-25-7-9-27-60(58)54-39-55(41-56(40-54)62-29-11-12-30-63(62)57-44-69-66(70-45-57)71-35-13-14-36-71)61-28-10-8-26-59(61)53-32-34-65(68-43-53)51-24-16-22-49(38-51)47-19-5-2-6-20-47/h1-45H/i1D,2D,3D,4D,5D,6D,17D,18D,19D,20D. The average Bonchev–Trinajstić information content (AvgIpc) is 4.12. The van der Waals surface area contributed by atoms with E-state index in [2.05, 4.69) is 54.6 Å². The van der Waals surface area contributed by atoms with Gasteiger partial charge in [0.1, 0.15) is 0 Å². The third-order valence-electron chi connectivity index (χ3n) is 12.5. The molecule has 0 amide bonds. The van der Waals surface area contributed by atoms with Crippen molar-refractivity contribution in [2.24, 2.45) is 0 Å². The smallest absolute Gasteiger partial charge is 0.233 e. The summed E-state index contributed by atoms with van der Waals surface area (Å²) in [6.07, 6.45) is 11.2. The molecule has 0 aliphatic heterocycles. The zero-order valence-electron chi connectivity index (χ0n) is 47.9. The molecule has 0 fully saturated rings. The first-order valence-electron chi connectivity index (χ1n) is 28.0. The second kappa shape index (κ2) is 19.2. The molecule has 0 bridgehead atoms. The van der Waals surface area contributed by atoms with Gasteiger partial charge in [0, 0.05) is 65.0 Å². The third-order valence-corrected chi connectivity index (χ3v) is 12.5. The molecule has 0 saturated heterocycles. The van der Waals surface area contributed by atoms with Gasteiger partial charge in [0.25, 0.3) is 0 Å². The Hall–Kier alpha value is -9.58. The molecule has 0 saturated carbocycles. The summed E-state index contributed by atoms with van der Waals surface area (Å²) in [5.41, 5.74) is 15.2. The Bertz CT molecular complexity index is 4120. The highest BCUT2D eigenvalue weighted by Gasteiger charge is 2.17. The van der Waals surface area contributed by atoms with Crippen LogP contribution >= 0.6 is 0 Å². The van der Waals surface area contributed by atoms with Gasteiger partial charge in [-0.3, -0.25) is 14.5 Å². The second-order valence-electron chi connectivity index (χ2n) is 16.8. The monoisotopic (exact) mass is 917 g/mol. The van der Waals surface area contributed by atoms with Gasteiger partial charge in [-0.15, -0.1) is 0 Å². The maximum Gasteiger partial charge on any atom is 0.233 e. The molecule has 0 aliphatic carbocycles. The van der Waals surface area contributed by atoms with Gasteiger partial charge in [0.15, 0.2) is 0 Å². The lowest BCUT2D eigenvalue weighted by molar-refractivity contribution is 0.937. The minimum absolute atomic E-state index is 0.130. The number of hydrogen-bond acceptors (Lipinski definition) is 4. The van der Waals surface area contributed by atoms with Crippen molar-refractivity contribution in [3.8, 4) is 117 Å². The molecule has 0 radical (unpaired) electrons. The Morgan fingerprint density at radius 3 is 1.01 bits per heavy atom. The van der Waals surface area contributed by atoms with Crippen LogP contribution in [0.2, 0.25) is 0 Å². The van der Waals surface area contributed by atoms with Crippen LogP contribution in [0.15, 0.2) is 274 Å². The van der Waals surface area contributed by atoms with Crippen LogP contribution in [-0.4, -0.2) is 24.5 Å². The summed E-state index contributed by atoms with van der Waals surface area (Å²) in [6.45, 7) is 0. The van der Waals surface area contributed by atoms with Gasteiger partial charge >= 0.3 is 0 Å². The Morgan fingerprint density at radius 2 is 0.620 bits per heavy atom. The predicted molar refractivity (Wildman–Crippen MR) is 291 cm³/mol. The number of hydrogen-bond donors (Lipinski definition) is 0. The summed E-state index contributed by atoms with van der Waals surface area (Å²) in [7, 11) is 0. The number of pyridine rings is 2. The van der Waals surface area contributed by atoms with Gasteiger partial charge in [-0.25, -0.2) is 9.97 Å². The van der Waals surface area contributed by atoms with Crippen LogP contribution in [0.5, 0.6) is 0 Å². The van der Waals surface area contributed by atoms with Crippen molar-refractivity contribution >= 4 is 0 Å². The lowest BCUT2D eigenvalue weighted by Gasteiger charge is -2.18. The zero-order chi connectivity index (χ0) is 56.1. The van der Waals surface area contributed by atoms with Crippen molar-refractivity contribution in [3.63, 3.8) is 0 Å². The summed E-state index contributed by atoms with van der Waals surface area (Å²) in [5.74, 6) is 0.563. The van der Waals surface area contributed by atoms with Gasteiger partial charge in [-0.2, -0.15) is 0 Å². The van der Waals surface area contributed by atoms with Crippen molar-refractivity contribution in [2.75, 3.05) is 0 Å². The molecule has 5 nitrogen and oxygen atoms in total. The molecule has 5 heteroatoms. The molecule has 71 heavy (non-hydrogen) atoms. The molecule has 0 N–H and O–H groups in total. The summed E-state index contributed by atoms with van der Waals surface area (Å²) < 4.78 is 85.4. The van der Waals surface area contributed by atoms with Gasteiger partial charge in [-0.05, 0) is 127 Å². The van der Waals surface area contributed by atoms with Gasteiger partial charge in [0.05, 0.1) is 25.1 Å². The number of aromatic nitrogens is 5. The Balaban J connectivity index is 0.947. The van der Waals surface area contributed by atoms with E-state index in [0.29, 0.717) is 28.5 Å². The summed E-state index contributed by atoms with van der Waals surface area (Å²) >= 11 is 0. The van der Waals surface area contributed by atoms with Crippen LogP contribution in [-0.2, 0) is 0 Å². The largest absolute Gasteiger partial charge is 0.293 e. The molecular formula is C66H45N5. The van der Waals surface area contributed by atoms with Gasteiger partial charge < -0.3 is 0 Å². The van der Waals surface area contributed by atoms with Crippen molar-refractivity contribution < 1.29 is 13.7 Å². The van der Waals surface area contributed by atoms with E-state index in [1.807, 2.05) is 127 Å². The van der Waals surface area contributed by atoms with Crippen molar-refractivity contribution in [1.29, 1.82) is 0 Å². The van der Waals surface area contributed by atoms with E-state index in [4.69, 9.17) is 33.6 Å². The Kier molecular flexibility index (Phi) is 8.92. The number of benzene rings is 8. The minimum atomic E-state index is -0.439. The topological polar surface area (TPSA) is 56.5 Å². The highest BCUT2D eigenvalue weighted by atomic mass is 15.1. The minimum Gasteiger partial charge on any atom is -0.293 e. The van der Waals surface area contributed by atoms with Crippen LogP contribution < -0.4 is 0 Å². The molecule has 4 heterocycles. The first-order valence-corrected chi connectivity index (χ1v) is 23.0. The van der Waals surface area contributed by atoms with Crippen molar-refractivity contribution in [1.82, 2.24) is 24.5 Å². The van der Waals surface area contributed by atoms with E-state index in [1.54, 1.807) is 36.4 Å². The second-order valence-corrected chi connectivity index (χ2v) is 16.8. The SMILES string of the molecule is [2H]c1c([2H])c([2H])c(-c2cccc(-c3ccc(-c4ccccc4-c4cc(-c5ccccc5-c5ccc(-c6cccc(-c7c([2H])c([2H])c([2H])c([2H])c7[2H])c6)nc5)cc(-c5ccccc5-c5cnc(-n6cccc6)nc5)c4)cn3)c2)c([2H])c1[2H]. The van der Waals surface area contributed by atoms with E-state index in [9.17, 15) is 0 Å². The highest BCUT2D eigenvalue weighted by molar-refractivity contribution is 5.94. The first kappa shape index (κ1) is 33.0. The summed E-state index contributed by atoms with van der Waals surface area (Å²) in [6, 6.07) is 54.0. The summed E-state index contributed by atoms with van der Waals surface area (Å²) in [5, 5.41) is 0. The van der Waals surface area contributed by atoms with E-state index in [-0.39, 0.29) is 59.5 Å². The molecule has 0 atom stereocenters. The predicted octanol–water partition coefficient (Wildman–Crippen LogP) is 16.7.